The van der Waals surface area contributed by atoms with Crippen molar-refractivity contribution in [2.75, 3.05) is 32.7 Å². The van der Waals surface area contributed by atoms with Crippen molar-refractivity contribution in [3.8, 4) is 0 Å². The van der Waals surface area contributed by atoms with Crippen molar-refractivity contribution >= 4 is 0 Å². The van der Waals surface area contributed by atoms with Crippen LogP contribution >= 0.6 is 0 Å². The maximum Gasteiger partial charge on any atom is 0.0644 e. The number of likely N-dealkylation sites (tertiary alicyclic amines) is 1. The summed E-state index contributed by atoms with van der Waals surface area (Å²) in [6.07, 6.45) is 4.27. The molecule has 0 aromatic rings. The molecule has 0 radical (unpaired) electrons. The van der Waals surface area contributed by atoms with Crippen molar-refractivity contribution in [2.45, 2.75) is 65.9 Å². The lowest BCUT2D eigenvalue weighted by Gasteiger charge is -2.42. The van der Waals surface area contributed by atoms with Gasteiger partial charge in [-0.25, -0.2) is 0 Å². The van der Waals surface area contributed by atoms with E-state index in [1.54, 1.807) is 0 Å². The minimum Gasteiger partial charge on any atom is -0.390 e. The first-order chi connectivity index (χ1) is 9.32. The zero-order chi connectivity index (χ0) is 15.2. The van der Waals surface area contributed by atoms with Crippen LogP contribution in [0, 0.1) is 11.3 Å². The first kappa shape index (κ1) is 17.9. The molecular formula is C17H36N2O. The summed E-state index contributed by atoms with van der Waals surface area (Å²) in [6, 6.07) is 0. The normalized spacial score (nSPS) is 20.6. The van der Waals surface area contributed by atoms with E-state index in [1.165, 1.54) is 19.4 Å². The highest BCUT2D eigenvalue weighted by molar-refractivity contribution is 4.88. The molecule has 0 aromatic carbocycles. The number of piperidine rings is 1. The lowest BCUT2D eigenvalue weighted by molar-refractivity contribution is -0.0169. The molecule has 1 heterocycles. The van der Waals surface area contributed by atoms with Gasteiger partial charge in [-0.3, -0.25) is 0 Å². The highest BCUT2D eigenvalue weighted by Gasteiger charge is 2.33. The molecule has 0 bridgehead atoms. The van der Waals surface area contributed by atoms with Gasteiger partial charge >= 0.3 is 0 Å². The molecule has 3 heteroatoms. The summed E-state index contributed by atoms with van der Waals surface area (Å²) >= 11 is 0. The quantitative estimate of drug-likeness (QED) is 0.719. The third-order valence-electron chi connectivity index (χ3n) is 5.04. The number of hydrogen-bond donors (Lipinski definition) is 2. The molecule has 0 amide bonds. The van der Waals surface area contributed by atoms with Crippen molar-refractivity contribution < 1.29 is 5.11 Å². The van der Waals surface area contributed by atoms with Crippen molar-refractivity contribution in [2.24, 2.45) is 11.3 Å². The minimum atomic E-state index is -0.437. The van der Waals surface area contributed by atoms with Crippen molar-refractivity contribution in [3.63, 3.8) is 0 Å². The largest absolute Gasteiger partial charge is 0.390 e. The molecule has 2 N–H and O–H groups in total. The van der Waals surface area contributed by atoms with E-state index in [0.717, 1.165) is 39.0 Å². The maximum absolute atomic E-state index is 10.1. The van der Waals surface area contributed by atoms with E-state index < -0.39 is 5.60 Å². The Labute approximate surface area is 126 Å². The summed E-state index contributed by atoms with van der Waals surface area (Å²) in [4.78, 5) is 2.56. The number of hydrogen-bond acceptors (Lipinski definition) is 3. The second kappa shape index (κ2) is 7.77. The van der Waals surface area contributed by atoms with Gasteiger partial charge < -0.3 is 15.3 Å². The van der Waals surface area contributed by atoms with Gasteiger partial charge in [-0.05, 0) is 50.5 Å². The van der Waals surface area contributed by atoms with Gasteiger partial charge in [0.05, 0.1) is 5.60 Å². The summed E-state index contributed by atoms with van der Waals surface area (Å²) in [7, 11) is 0. The summed E-state index contributed by atoms with van der Waals surface area (Å²) in [5.74, 6) is 0.714. The fraction of sp³-hybridized carbons (Fsp3) is 1.00. The van der Waals surface area contributed by atoms with Crippen LogP contribution in [0.5, 0.6) is 0 Å². The first-order valence-corrected chi connectivity index (χ1v) is 8.48. The van der Waals surface area contributed by atoms with E-state index in [2.05, 4.69) is 37.9 Å². The van der Waals surface area contributed by atoms with Crippen molar-refractivity contribution in [3.05, 3.63) is 0 Å². The van der Waals surface area contributed by atoms with Crippen LogP contribution in [0.3, 0.4) is 0 Å². The van der Waals surface area contributed by atoms with Crippen molar-refractivity contribution in [1.29, 1.82) is 0 Å². The molecule has 1 fully saturated rings. The third-order valence-corrected chi connectivity index (χ3v) is 5.04. The van der Waals surface area contributed by atoms with Crippen LogP contribution in [0.25, 0.3) is 0 Å². The Kier molecular flexibility index (Phi) is 6.96. The van der Waals surface area contributed by atoms with Gasteiger partial charge in [0.15, 0.2) is 0 Å². The average Bonchev–Trinajstić information content (AvgIpc) is 2.39. The van der Waals surface area contributed by atoms with Gasteiger partial charge in [-0.15, -0.1) is 0 Å². The van der Waals surface area contributed by atoms with Gasteiger partial charge in [-0.2, -0.15) is 0 Å². The van der Waals surface area contributed by atoms with Gasteiger partial charge in [0.2, 0.25) is 0 Å². The Morgan fingerprint density at radius 3 is 2.20 bits per heavy atom. The van der Waals surface area contributed by atoms with E-state index in [1.807, 2.05) is 6.92 Å². The highest BCUT2D eigenvalue weighted by Crippen LogP contribution is 2.30. The Balaban J connectivity index is 2.49. The molecule has 120 valence electrons. The number of rotatable bonds is 8. The third kappa shape index (κ3) is 5.71. The average molecular weight is 284 g/mol. The van der Waals surface area contributed by atoms with Gasteiger partial charge in [-0.1, -0.05) is 27.7 Å². The molecule has 1 aliphatic heterocycles. The molecule has 0 aliphatic carbocycles. The van der Waals surface area contributed by atoms with Crippen molar-refractivity contribution in [1.82, 2.24) is 10.2 Å². The smallest absolute Gasteiger partial charge is 0.0644 e. The summed E-state index contributed by atoms with van der Waals surface area (Å²) in [5, 5.41) is 13.7. The number of aliphatic hydroxyl groups is 1. The minimum absolute atomic E-state index is 0.387. The van der Waals surface area contributed by atoms with Crippen LogP contribution in [0.15, 0.2) is 0 Å². The predicted octanol–water partition coefficient (Wildman–Crippen LogP) is 2.89. The van der Waals surface area contributed by atoms with Crippen LogP contribution in [0.2, 0.25) is 0 Å². The second-order valence-electron chi connectivity index (χ2n) is 7.50. The second-order valence-corrected chi connectivity index (χ2v) is 7.50. The molecule has 0 spiro atoms. The molecule has 0 aromatic heterocycles. The molecule has 20 heavy (non-hydrogen) atoms. The molecule has 3 nitrogen and oxygen atoms in total. The number of nitrogens with zero attached hydrogens (tertiary/aromatic N) is 1. The monoisotopic (exact) mass is 284 g/mol. The zero-order valence-electron chi connectivity index (χ0n) is 14.3. The molecule has 1 rings (SSSR count). The Morgan fingerprint density at radius 2 is 1.75 bits per heavy atom. The van der Waals surface area contributed by atoms with Gasteiger partial charge in [0.1, 0.15) is 0 Å². The Hall–Kier alpha value is -0.120. The lowest BCUT2D eigenvalue weighted by atomic mass is 9.80. The summed E-state index contributed by atoms with van der Waals surface area (Å²) < 4.78 is 0. The van der Waals surface area contributed by atoms with E-state index in [0.29, 0.717) is 11.3 Å². The van der Waals surface area contributed by atoms with E-state index >= 15 is 0 Å². The Morgan fingerprint density at radius 1 is 1.20 bits per heavy atom. The fourth-order valence-electron chi connectivity index (χ4n) is 3.07. The lowest BCUT2D eigenvalue weighted by Crippen LogP contribution is -2.49. The molecule has 1 aliphatic rings. The topological polar surface area (TPSA) is 35.5 Å². The molecule has 0 atom stereocenters. The highest BCUT2D eigenvalue weighted by atomic mass is 16.3. The van der Waals surface area contributed by atoms with Crippen LogP contribution in [-0.2, 0) is 0 Å². The maximum atomic E-state index is 10.1. The predicted molar refractivity (Wildman–Crippen MR) is 87.0 cm³/mol. The summed E-state index contributed by atoms with van der Waals surface area (Å²) in [5.41, 5.74) is -0.0500. The van der Waals surface area contributed by atoms with Gasteiger partial charge in [0.25, 0.3) is 0 Å². The number of nitrogens with one attached hydrogen (secondary N) is 1. The first-order valence-electron chi connectivity index (χ1n) is 8.48. The van der Waals surface area contributed by atoms with E-state index in [9.17, 15) is 5.11 Å². The fourth-order valence-corrected chi connectivity index (χ4v) is 3.07. The molecule has 1 saturated heterocycles. The standard InChI is InChI=1S/C17H36N2O/c1-6-17(7-2,13-18-12-15(3)4)14-19-10-8-16(5,20)9-11-19/h15,18,20H,6-14H2,1-5H3. The molecular weight excluding hydrogens is 248 g/mol. The SMILES string of the molecule is CCC(CC)(CNCC(C)C)CN1CCC(C)(O)CC1. The van der Waals surface area contributed by atoms with E-state index in [-0.39, 0.29) is 0 Å². The van der Waals surface area contributed by atoms with Crippen LogP contribution in [0.4, 0.5) is 0 Å². The van der Waals surface area contributed by atoms with E-state index in [4.69, 9.17) is 0 Å². The van der Waals surface area contributed by atoms with Gasteiger partial charge in [0, 0.05) is 26.2 Å². The van der Waals surface area contributed by atoms with Crippen LogP contribution < -0.4 is 5.32 Å². The summed E-state index contributed by atoms with van der Waals surface area (Å²) in [6.45, 7) is 16.6. The Bertz CT molecular complexity index is 262. The molecule has 0 unspecified atom stereocenters. The van der Waals surface area contributed by atoms with Crippen LogP contribution in [0.1, 0.15) is 60.3 Å². The van der Waals surface area contributed by atoms with Crippen LogP contribution in [-0.4, -0.2) is 48.3 Å². The molecule has 0 saturated carbocycles. The zero-order valence-corrected chi connectivity index (χ0v) is 14.3.